The molecule has 1 rings (SSSR count). The Hall–Kier alpha value is -1.42. The van der Waals surface area contributed by atoms with Gasteiger partial charge in [0.05, 0.1) is 14.2 Å². The van der Waals surface area contributed by atoms with Gasteiger partial charge in [-0.15, -0.1) is 0 Å². The summed E-state index contributed by atoms with van der Waals surface area (Å²) in [6.45, 7) is 4.00. The first-order chi connectivity index (χ1) is 6.77. The van der Waals surface area contributed by atoms with Gasteiger partial charge in [0.25, 0.3) is 0 Å². The maximum atomic E-state index is 9.20. The van der Waals surface area contributed by atoms with Crippen LogP contribution in [0.25, 0.3) is 0 Å². The summed E-state index contributed by atoms with van der Waals surface area (Å²) in [6, 6.07) is 4.61. The fourth-order valence-corrected chi connectivity index (χ4v) is 0.778. The molecule has 4 nitrogen and oxygen atoms in total. The molecule has 0 aliphatic rings. The van der Waals surface area contributed by atoms with Crippen LogP contribution in [0.3, 0.4) is 0 Å². The molecule has 0 bridgehead atoms. The molecule has 0 aliphatic carbocycles. The van der Waals surface area contributed by atoms with Crippen LogP contribution in [0.15, 0.2) is 18.2 Å². The van der Waals surface area contributed by atoms with E-state index in [1.165, 1.54) is 26.4 Å². The van der Waals surface area contributed by atoms with Gasteiger partial charge in [0.15, 0.2) is 5.75 Å². The Kier molecular flexibility index (Phi) is 6.32. The van der Waals surface area contributed by atoms with Crippen LogP contribution in [0.2, 0.25) is 0 Å². The van der Waals surface area contributed by atoms with Crippen molar-refractivity contribution in [3.63, 3.8) is 0 Å². The second kappa shape index (κ2) is 7.03. The minimum Gasteiger partial charge on any atom is -0.504 e. The molecule has 0 radical (unpaired) electrons. The van der Waals surface area contributed by atoms with Crippen molar-refractivity contribution in [1.29, 1.82) is 0 Å². The molecule has 80 valence electrons. The zero-order valence-corrected chi connectivity index (χ0v) is 8.90. The van der Waals surface area contributed by atoms with Crippen LogP contribution in [0.4, 0.5) is 0 Å². The van der Waals surface area contributed by atoms with E-state index in [2.05, 4.69) is 9.78 Å². The van der Waals surface area contributed by atoms with Crippen LogP contribution in [0, 0.1) is 0 Å². The average Bonchev–Trinajstić information content (AvgIpc) is 2.24. The highest BCUT2D eigenvalue weighted by Gasteiger charge is 2.03. The zero-order valence-electron chi connectivity index (χ0n) is 8.90. The molecule has 0 saturated carbocycles. The number of methoxy groups -OCH3 is 1. The van der Waals surface area contributed by atoms with Crippen molar-refractivity contribution in [3.8, 4) is 17.2 Å². The maximum absolute atomic E-state index is 9.20. The van der Waals surface area contributed by atoms with Gasteiger partial charge in [-0.25, -0.2) is 0 Å². The smallest absolute Gasteiger partial charge is 0.210 e. The predicted octanol–water partition coefficient (Wildman–Crippen LogP) is 2.37. The first-order valence-electron chi connectivity index (χ1n) is 4.35. The number of benzene rings is 1. The lowest BCUT2D eigenvalue weighted by Gasteiger charge is -2.05. The molecule has 1 N–H and O–H groups in total. The summed E-state index contributed by atoms with van der Waals surface area (Å²) in [7, 11) is 2.89. The first kappa shape index (κ1) is 12.6. The van der Waals surface area contributed by atoms with Gasteiger partial charge in [-0.1, -0.05) is 13.8 Å². The molecular formula is C10H16O4. The van der Waals surface area contributed by atoms with Gasteiger partial charge in [-0.3, -0.25) is 0 Å². The van der Waals surface area contributed by atoms with Crippen molar-refractivity contribution in [3.05, 3.63) is 18.2 Å². The molecule has 1 aromatic carbocycles. The van der Waals surface area contributed by atoms with Gasteiger partial charge >= 0.3 is 0 Å². The van der Waals surface area contributed by atoms with Crippen LogP contribution in [0.5, 0.6) is 17.2 Å². The normalized spacial score (nSPS) is 8.57. The average molecular weight is 200 g/mol. The fourth-order valence-electron chi connectivity index (χ4n) is 0.778. The Labute approximate surface area is 84.0 Å². The molecule has 0 fully saturated rings. The van der Waals surface area contributed by atoms with E-state index in [1.54, 1.807) is 6.07 Å². The Bertz CT molecular complexity index is 260. The molecule has 0 aromatic heterocycles. The van der Waals surface area contributed by atoms with E-state index in [0.717, 1.165) is 0 Å². The summed E-state index contributed by atoms with van der Waals surface area (Å²) in [5.74, 6) is 0.842. The van der Waals surface area contributed by atoms with Crippen LogP contribution in [0.1, 0.15) is 13.8 Å². The van der Waals surface area contributed by atoms with Crippen LogP contribution in [-0.4, -0.2) is 19.3 Å². The number of phenols is 1. The second-order valence-electron chi connectivity index (χ2n) is 2.08. The van der Waals surface area contributed by atoms with Crippen molar-refractivity contribution in [2.75, 3.05) is 14.2 Å². The van der Waals surface area contributed by atoms with Crippen LogP contribution in [-0.2, 0) is 4.89 Å². The highest BCUT2D eigenvalue weighted by molar-refractivity contribution is 5.44. The SMILES string of the molecule is CC.COOc1cc(OC)ccc1O. The summed E-state index contributed by atoms with van der Waals surface area (Å²) < 4.78 is 4.91. The van der Waals surface area contributed by atoms with Gasteiger partial charge in [-0.2, -0.15) is 4.89 Å². The molecule has 0 amide bonds. The number of phenolic OH excluding ortho intramolecular Hbond substituents is 1. The number of hydrogen-bond donors (Lipinski definition) is 1. The lowest BCUT2D eigenvalue weighted by atomic mass is 10.3. The van der Waals surface area contributed by atoms with E-state index in [-0.39, 0.29) is 11.5 Å². The Morgan fingerprint density at radius 1 is 1.14 bits per heavy atom. The number of hydrogen-bond acceptors (Lipinski definition) is 4. The second-order valence-corrected chi connectivity index (χ2v) is 2.08. The zero-order chi connectivity index (χ0) is 11.0. The molecular weight excluding hydrogens is 184 g/mol. The molecule has 0 aliphatic heterocycles. The lowest BCUT2D eigenvalue weighted by molar-refractivity contribution is -0.179. The summed E-state index contributed by atoms with van der Waals surface area (Å²) in [5.41, 5.74) is 0. The Morgan fingerprint density at radius 2 is 1.79 bits per heavy atom. The molecule has 0 heterocycles. The van der Waals surface area contributed by atoms with Crippen molar-refractivity contribution >= 4 is 0 Å². The first-order valence-corrected chi connectivity index (χ1v) is 4.35. The summed E-state index contributed by atoms with van der Waals surface area (Å²) >= 11 is 0. The fraction of sp³-hybridized carbons (Fsp3) is 0.400. The predicted molar refractivity (Wildman–Crippen MR) is 53.6 cm³/mol. The van der Waals surface area contributed by atoms with E-state index >= 15 is 0 Å². The van der Waals surface area contributed by atoms with E-state index in [0.29, 0.717) is 5.75 Å². The van der Waals surface area contributed by atoms with Crippen molar-refractivity contribution in [1.82, 2.24) is 0 Å². The summed E-state index contributed by atoms with van der Waals surface area (Å²) in [6.07, 6.45) is 0. The van der Waals surface area contributed by atoms with Gasteiger partial charge in [0, 0.05) is 6.07 Å². The molecule has 0 saturated heterocycles. The Balaban J connectivity index is 0.000000791. The van der Waals surface area contributed by atoms with E-state index in [1.807, 2.05) is 13.8 Å². The van der Waals surface area contributed by atoms with E-state index in [4.69, 9.17) is 4.74 Å². The number of aromatic hydroxyl groups is 1. The third kappa shape index (κ3) is 3.53. The topological polar surface area (TPSA) is 47.9 Å². The highest BCUT2D eigenvalue weighted by Crippen LogP contribution is 2.29. The number of rotatable bonds is 3. The number of ether oxygens (including phenoxy) is 1. The van der Waals surface area contributed by atoms with E-state index < -0.39 is 0 Å². The largest absolute Gasteiger partial charge is 0.504 e. The van der Waals surface area contributed by atoms with Gasteiger partial charge < -0.3 is 14.7 Å². The standard InChI is InChI=1S/C8H10O4.C2H6/c1-10-6-3-4-7(9)8(5-6)12-11-2;1-2/h3-5,9H,1-2H3;1-2H3. The molecule has 0 unspecified atom stereocenters. The minimum atomic E-state index is 0.0117. The van der Waals surface area contributed by atoms with Crippen molar-refractivity contribution < 1.29 is 19.6 Å². The van der Waals surface area contributed by atoms with Crippen molar-refractivity contribution in [2.45, 2.75) is 13.8 Å². The van der Waals surface area contributed by atoms with Gasteiger partial charge in [0.2, 0.25) is 5.75 Å². The molecule has 0 atom stereocenters. The summed E-state index contributed by atoms with van der Waals surface area (Å²) in [4.78, 5) is 9.04. The molecule has 1 aromatic rings. The third-order valence-electron chi connectivity index (χ3n) is 1.34. The van der Waals surface area contributed by atoms with Crippen LogP contribution >= 0.6 is 0 Å². The monoisotopic (exact) mass is 200 g/mol. The highest BCUT2D eigenvalue weighted by atomic mass is 17.2. The van der Waals surface area contributed by atoms with Crippen molar-refractivity contribution in [2.24, 2.45) is 0 Å². The van der Waals surface area contributed by atoms with Gasteiger partial charge in [-0.05, 0) is 12.1 Å². The maximum Gasteiger partial charge on any atom is 0.210 e. The minimum absolute atomic E-state index is 0.0117. The van der Waals surface area contributed by atoms with E-state index in [9.17, 15) is 5.11 Å². The van der Waals surface area contributed by atoms with Crippen LogP contribution < -0.4 is 9.62 Å². The van der Waals surface area contributed by atoms with Gasteiger partial charge in [0.1, 0.15) is 5.75 Å². The molecule has 14 heavy (non-hydrogen) atoms. The Morgan fingerprint density at radius 3 is 2.29 bits per heavy atom. The summed E-state index contributed by atoms with van der Waals surface area (Å²) in [5, 5.41) is 9.20. The third-order valence-corrected chi connectivity index (χ3v) is 1.34. The lowest BCUT2D eigenvalue weighted by Crippen LogP contribution is -1.91. The molecule has 4 heteroatoms. The molecule has 0 spiro atoms. The quantitative estimate of drug-likeness (QED) is 0.601.